The first-order chi connectivity index (χ1) is 16.2. The van der Waals surface area contributed by atoms with E-state index in [1.807, 2.05) is 0 Å². The Labute approximate surface area is 209 Å². The second-order valence-corrected chi connectivity index (χ2v) is 11.9. The highest BCUT2D eigenvalue weighted by molar-refractivity contribution is 7.92. The number of carbonyl (C=O) groups excluding carboxylic acids is 1. The van der Waals surface area contributed by atoms with Gasteiger partial charge in [0.2, 0.25) is 21.9 Å². The van der Waals surface area contributed by atoms with Crippen LogP contribution in [0, 0.1) is 20.8 Å². The molecule has 1 amide bonds. The van der Waals surface area contributed by atoms with Crippen LogP contribution in [0.5, 0.6) is 0 Å². The Morgan fingerprint density at radius 2 is 1.54 bits per heavy atom. The van der Waals surface area contributed by atoms with Crippen molar-refractivity contribution in [1.29, 1.82) is 0 Å². The lowest BCUT2D eigenvalue weighted by Gasteiger charge is -2.22. The van der Waals surface area contributed by atoms with E-state index in [2.05, 4.69) is 20.0 Å². The number of amides is 1. The number of rotatable bonds is 8. The lowest BCUT2D eigenvalue weighted by atomic mass is 10.2. The zero-order chi connectivity index (χ0) is 26.0. The van der Waals surface area contributed by atoms with Crippen LogP contribution in [0.3, 0.4) is 0 Å². The van der Waals surface area contributed by atoms with Gasteiger partial charge in [0, 0.05) is 22.1 Å². The lowest BCUT2D eigenvalue weighted by Crippen LogP contribution is -2.37. The summed E-state index contributed by atoms with van der Waals surface area (Å²) in [5.74, 6) is -0.665. The van der Waals surface area contributed by atoms with Crippen molar-refractivity contribution in [3.63, 3.8) is 0 Å². The van der Waals surface area contributed by atoms with Gasteiger partial charge in [0.15, 0.2) is 0 Å². The van der Waals surface area contributed by atoms with Crippen LogP contribution in [0.1, 0.15) is 17.0 Å². The molecule has 35 heavy (non-hydrogen) atoms. The van der Waals surface area contributed by atoms with E-state index in [4.69, 9.17) is 11.6 Å². The number of sulfonamides is 2. The van der Waals surface area contributed by atoms with Crippen LogP contribution < -0.4 is 14.3 Å². The van der Waals surface area contributed by atoms with Gasteiger partial charge in [0.1, 0.15) is 6.54 Å². The minimum atomic E-state index is -3.96. The molecule has 0 bridgehead atoms. The van der Waals surface area contributed by atoms with Crippen LogP contribution in [0.25, 0.3) is 0 Å². The highest BCUT2D eigenvalue weighted by Gasteiger charge is 2.22. The Morgan fingerprint density at radius 3 is 2.09 bits per heavy atom. The maximum absolute atomic E-state index is 12.7. The molecule has 186 valence electrons. The summed E-state index contributed by atoms with van der Waals surface area (Å²) in [6.07, 6.45) is 0.986. The molecule has 1 heterocycles. The summed E-state index contributed by atoms with van der Waals surface area (Å²) in [5, 5.41) is 2.93. The van der Waals surface area contributed by atoms with E-state index in [1.54, 1.807) is 39.0 Å². The molecule has 0 saturated heterocycles. The largest absolute Gasteiger partial charge is 0.325 e. The van der Waals surface area contributed by atoms with Gasteiger partial charge in [0.25, 0.3) is 10.0 Å². The Balaban J connectivity index is 1.73. The van der Waals surface area contributed by atoms with E-state index < -0.39 is 32.5 Å². The maximum atomic E-state index is 12.7. The zero-order valence-corrected chi connectivity index (χ0v) is 21.8. The van der Waals surface area contributed by atoms with Gasteiger partial charge in [-0.05, 0) is 68.8 Å². The van der Waals surface area contributed by atoms with Gasteiger partial charge in [-0.15, -0.1) is 0 Å². The highest BCUT2D eigenvalue weighted by atomic mass is 35.5. The molecule has 3 rings (SSSR count). The molecule has 2 aromatic carbocycles. The van der Waals surface area contributed by atoms with Gasteiger partial charge in [-0.1, -0.05) is 17.7 Å². The quantitative estimate of drug-likeness (QED) is 0.449. The molecule has 0 atom stereocenters. The van der Waals surface area contributed by atoms with E-state index >= 15 is 0 Å². The van der Waals surface area contributed by atoms with Crippen LogP contribution in [-0.2, 0) is 24.8 Å². The molecule has 0 radical (unpaired) electrons. The molecule has 10 nitrogen and oxygen atoms in total. The van der Waals surface area contributed by atoms with Crippen LogP contribution in [0.15, 0.2) is 53.4 Å². The molecule has 13 heteroatoms. The summed E-state index contributed by atoms with van der Waals surface area (Å²) >= 11 is 6.11. The monoisotopic (exact) mass is 537 g/mol. The third kappa shape index (κ3) is 6.90. The first kappa shape index (κ1) is 26.4. The number of nitrogens with zero attached hydrogens (tertiary/aromatic N) is 3. The number of aromatic nitrogens is 2. The van der Waals surface area contributed by atoms with E-state index in [0.29, 0.717) is 16.4 Å². The predicted octanol–water partition coefficient (Wildman–Crippen LogP) is 3.26. The van der Waals surface area contributed by atoms with Crippen molar-refractivity contribution in [3.8, 4) is 0 Å². The SMILES string of the molecule is Cc1cc(C)nc(NS(=O)(=O)c2ccc(NC(=O)CN(c3ccc(C)c(Cl)c3)S(C)(=O)=O)cc2)n1. The van der Waals surface area contributed by atoms with Gasteiger partial charge in [-0.3, -0.25) is 9.10 Å². The minimum Gasteiger partial charge on any atom is -0.325 e. The molecule has 1 aromatic heterocycles. The first-order valence-electron chi connectivity index (χ1n) is 10.2. The van der Waals surface area contributed by atoms with Crippen molar-refractivity contribution in [2.45, 2.75) is 25.7 Å². The fourth-order valence-corrected chi connectivity index (χ4v) is 5.10. The van der Waals surface area contributed by atoms with Crippen LogP contribution in [0.2, 0.25) is 5.02 Å². The summed E-state index contributed by atoms with van der Waals surface area (Å²) in [4.78, 5) is 20.6. The van der Waals surface area contributed by atoms with Gasteiger partial charge in [-0.25, -0.2) is 31.5 Å². The molecule has 0 fully saturated rings. The molecule has 0 unspecified atom stereocenters. The second-order valence-electron chi connectivity index (χ2n) is 7.86. The molecule has 2 N–H and O–H groups in total. The average molecular weight is 538 g/mol. The minimum absolute atomic E-state index is 0.0445. The van der Waals surface area contributed by atoms with Crippen LogP contribution >= 0.6 is 11.6 Å². The van der Waals surface area contributed by atoms with Crippen molar-refractivity contribution in [2.75, 3.05) is 27.1 Å². The topological polar surface area (TPSA) is 138 Å². The lowest BCUT2D eigenvalue weighted by molar-refractivity contribution is -0.114. The molecule has 0 aliphatic heterocycles. The van der Waals surface area contributed by atoms with E-state index in [9.17, 15) is 21.6 Å². The summed E-state index contributed by atoms with van der Waals surface area (Å²) in [6.45, 7) is 4.73. The second kappa shape index (κ2) is 10.2. The van der Waals surface area contributed by atoms with E-state index in [-0.39, 0.29) is 22.2 Å². The van der Waals surface area contributed by atoms with Gasteiger partial charge in [-0.2, -0.15) is 0 Å². The summed E-state index contributed by atoms with van der Waals surface area (Å²) in [7, 11) is -7.74. The molecule has 0 spiro atoms. The van der Waals surface area contributed by atoms with Crippen molar-refractivity contribution >= 4 is 54.9 Å². The fourth-order valence-electron chi connectivity index (χ4n) is 3.14. The third-order valence-corrected chi connectivity index (χ3v) is 7.68. The summed E-state index contributed by atoms with van der Waals surface area (Å²) in [5.41, 5.74) is 2.53. The number of aryl methyl sites for hydroxylation is 3. The van der Waals surface area contributed by atoms with Gasteiger partial charge in [0.05, 0.1) is 16.8 Å². The van der Waals surface area contributed by atoms with E-state index in [1.165, 1.54) is 30.3 Å². The number of carbonyl (C=O) groups is 1. The fraction of sp³-hybridized carbons (Fsp3) is 0.227. The number of hydrogen-bond acceptors (Lipinski definition) is 7. The van der Waals surface area contributed by atoms with Crippen molar-refractivity contribution < 1.29 is 21.6 Å². The molecule has 3 aromatic rings. The standard InChI is InChI=1S/C22H24ClN5O5S2/c1-14-5-8-18(12-20(14)23)28(34(4,30)31)13-21(29)26-17-6-9-19(10-7-17)35(32,33)27-22-24-15(2)11-16(3)25-22/h5-12H,13H2,1-4H3,(H,26,29)(H,24,25,27). The van der Waals surface area contributed by atoms with Crippen LogP contribution in [0.4, 0.5) is 17.3 Å². The van der Waals surface area contributed by atoms with Crippen LogP contribution in [-0.4, -0.2) is 45.5 Å². The highest BCUT2D eigenvalue weighted by Crippen LogP contribution is 2.25. The molecular weight excluding hydrogens is 514 g/mol. The predicted molar refractivity (Wildman–Crippen MR) is 136 cm³/mol. The average Bonchev–Trinajstić information content (AvgIpc) is 2.72. The maximum Gasteiger partial charge on any atom is 0.264 e. The normalized spacial score (nSPS) is 11.7. The number of benzene rings is 2. The zero-order valence-electron chi connectivity index (χ0n) is 19.4. The Hall–Kier alpha value is -3.22. The Morgan fingerprint density at radius 1 is 0.943 bits per heavy atom. The van der Waals surface area contributed by atoms with Crippen molar-refractivity contribution in [1.82, 2.24) is 9.97 Å². The van der Waals surface area contributed by atoms with Crippen molar-refractivity contribution in [2.24, 2.45) is 0 Å². The number of halogens is 1. The summed E-state index contributed by atoms with van der Waals surface area (Å²) < 4.78 is 53.1. The molecule has 0 aliphatic carbocycles. The Kier molecular flexibility index (Phi) is 7.68. The molecule has 0 aliphatic rings. The Bertz CT molecular complexity index is 1460. The third-order valence-electron chi connectivity index (χ3n) is 4.79. The molecular formula is C22H24ClN5O5S2. The first-order valence-corrected chi connectivity index (χ1v) is 13.9. The smallest absolute Gasteiger partial charge is 0.264 e. The molecule has 0 saturated carbocycles. The number of hydrogen-bond donors (Lipinski definition) is 2. The number of anilines is 3. The van der Waals surface area contributed by atoms with Gasteiger partial charge >= 0.3 is 0 Å². The van der Waals surface area contributed by atoms with Crippen molar-refractivity contribution in [3.05, 3.63) is 70.5 Å². The van der Waals surface area contributed by atoms with Gasteiger partial charge < -0.3 is 5.32 Å². The summed E-state index contributed by atoms with van der Waals surface area (Å²) in [6, 6.07) is 11.8. The van der Waals surface area contributed by atoms with E-state index in [0.717, 1.165) is 16.1 Å². The number of nitrogens with one attached hydrogen (secondary N) is 2.